The Labute approximate surface area is 158 Å². The van der Waals surface area contributed by atoms with Gasteiger partial charge in [0.05, 0.1) is 19.3 Å². The highest BCUT2D eigenvalue weighted by Gasteiger charge is 2.05. The molecular weight excluding hydrogens is 422 g/mol. The minimum atomic E-state index is -0.276. The van der Waals surface area contributed by atoms with Crippen LogP contribution in [0.5, 0.6) is 5.75 Å². The number of anilines is 2. The maximum atomic E-state index is 13.9. The lowest BCUT2D eigenvalue weighted by molar-refractivity contribution is 0.415. The van der Waals surface area contributed by atoms with Gasteiger partial charge in [-0.15, -0.1) is 24.0 Å². The lowest BCUT2D eigenvalue weighted by Crippen LogP contribution is -2.22. The largest absolute Gasteiger partial charge is 0.497 e. The summed E-state index contributed by atoms with van der Waals surface area (Å²) in [6, 6.07) is 12.4. The first-order chi connectivity index (χ1) is 11.0. The van der Waals surface area contributed by atoms with E-state index in [1.807, 2.05) is 30.3 Å². The summed E-state index contributed by atoms with van der Waals surface area (Å²) in [5, 5.41) is 2.98. The SMILES string of the molecule is COc1cccc(NC(N)=NCc2ccc(N(C)C)c(F)c2)c1.I. The van der Waals surface area contributed by atoms with Crippen molar-refractivity contribution in [3.05, 3.63) is 53.8 Å². The van der Waals surface area contributed by atoms with Crippen LogP contribution in [0.1, 0.15) is 5.56 Å². The number of benzene rings is 2. The zero-order chi connectivity index (χ0) is 16.8. The van der Waals surface area contributed by atoms with Crippen LogP contribution >= 0.6 is 24.0 Å². The zero-order valence-electron chi connectivity index (χ0n) is 13.9. The van der Waals surface area contributed by atoms with E-state index in [1.54, 1.807) is 32.2 Å². The summed E-state index contributed by atoms with van der Waals surface area (Å²) in [6.45, 7) is 0.299. The molecule has 2 aromatic rings. The molecule has 0 saturated heterocycles. The van der Waals surface area contributed by atoms with Gasteiger partial charge in [-0.3, -0.25) is 0 Å². The standard InChI is InChI=1S/C17H21FN4O.HI/c1-22(2)16-8-7-12(9-15(16)18)11-20-17(19)21-13-5-4-6-14(10-13)23-3;/h4-10H,11H2,1-3H3,(H3,19,20,21);1H. The maximum Gasteiger partial charge on any atom is 0.193 e. The number of nitrogens with two attached hydrogens (primary N) is 1. The van der Waals surface area contributed by atoms with Crippen molar-refractivity contribution in [2.24, 2.45) is 10.7 Å². The molecule has 0 saturated carbocycles. The van der Waals surface area contributed by atoms with Crippen molar-refractivity contribution < 1.29 is 9.13 Å². The van der Waals surface area contributed by atoms with E-state index >= 15 is 0 Å². The van der Waals surface area contributed by atoms with Gasteiger partial charge in [-0.2, -0.15) is 0 Å². The molecule has 0 aromatic heterocycles. The first kappa shape index (κ1) is 20.0. The van der Waals surface area contributed by atoms with Crippen LogP contribution in [0.4, 0.5) is 15.8 Å². The third kappa shape index (κ3) is 5.55. The summed E-state index contributed by atoms with van der Waals surface area (Å²) in [6.07, 6.45) is 0. The van der Waals surface area contributed by atoms with Crippen molar-refractivity contribution in [2.75, 3.05) is 31.4 Å². The van der Waals surface area contributed by atoms with Gasteiger partial charge >= 0.3 is 0 Å². The van der Waals surface area contributed by atoms with Crippen LogP contribution in [0, 0.1) is 5.82 Å². The highest BCUT2D eigenvalue weighted by Crippen LogP contribution is 2.19. The average Bonchev–Trinajstić information content (AvgIpc) is 2.53. The maximum absolute atomic E-state index is 13.9. The molecule has 0 bridgehead atoms. The molecule has 130 valence electrons. The monoisotopic (exact) mass is 444 g/mol. The van der Waals surface area contributed by atoms with E-state index in [0.717, 1.165) is 17.0 Å². The predicted octanol–water partition coefficient (Wildman–Crippen LogP) is 3.45. The number of nitrogens with zero attached hydrogens (tertiary/aromatic N) is 2. The minimum absolute atomic E-state index is 0. The first-order valence-corrected chi connectivity index (χ1v) is 7.16. The van der Waals surface area contributed by atoms with Crippen LogP contribution in [-0.2, 0) is 6.54 Å². The number of methoxy groups -OCH3 is 1. The van der Waals surface area contributed by atoms with Crippen LogP contribution in [0.25, 0.3) is 0 Å². The molecular formula is C17H22FIN4O. The Hall–Kier alpha value is -2.03. The molecule has 0 aliphatic heterocycles. The number of hydrogen-bond donors (Lipinski definition) is 2. The molecule has 2 aromatic carbocycles. The van der Waals surface area contributed by atoms with E-state index in [4.69, 9.17) is 10.5 Å². The Morgan fingerprint density at radius 2 is 2.00 bits per heavy atom. The van der Waals surface area contributed by atoms with Gasteiger partial charge in [0.25, 0.3) is 0 Å². The number of guanidine groups is 1. The van der Waals surface area contributed by atoms with Gasteiger partial charge in [0, 0.05) is 25.8 Å². The molecule has 2 rings (SSSR count). The summed E-state index contributed by atoms with van der Waals surface area (Å²) in [5.74, 6) is 0.710. The second-order valence-corrected chi connectivity index (χ2v) is 5.24. The van der Waals surface area contributed by atoms with Crippen LogP contribution in [0.15, 0.2) is 47.5 Å². The van der Waals surface area contributed by atoms with Gasteiger partial charge in [-0.1, -0.05) is 12.1 Å². The predicted molar refractivity (Wildman–Crippen MR) is 108 cm³/mol. The number of halogens is 2. The van der Waals surface area contributed by atoms with Crippen molar-refractivity contribution in [3.63, 3.8) is 0 Å². The summed E-state index contributed by atoms with van der Waals surface area (Å²) in [7, 11) is 5.20. The summed E-state index contributed by atoms with van der Waals surface area (Å²) >= 11 is 0. The zero-order valence-corrected chi connectivity index (χ0v) is 16.2. The van der Waals surface area contributed by atoms with Crippen molar-refractivity contribution in [1.82, 2.24) is 0 Å². The van der Waals surface area contributed by atoms with Gasteiger partial charge in [0.2, 0.25) is 0 Å². The number of aliphatic imine (C=N–C) groups is 1. The summed E-state index contributed by atoms with van der Waals surface area (Å²) < 4.78 is 19.0. The fourth-order valence-electron chi connectivity index (χ4n) is 2.08. The molecule has 5 nitrogen and oxygen atoms in total. The van der Waals surface area contributed by atoms with E-state index in [2.05, 4.69) is 10.3 Å². The molecule has 0 aliphatic rings. The highest BCUT2D eigenvalue weighted by molar-refractivity contribution is 14.0. The number of nitrogens with one attached hydrogen (secondary N) is 1. The van der Waals surface area contributed by atoms with Crippen LogP contribution in [0.2, 0.25) is 0 Å². The smallest absolute Gasteiger partial charge is 0.193 e. The Kier molecular flexibility index (Phi) is 7.76. The lowest BCUT2D eigenvalue weighted by Gasteiger charge is -2.13. The van der Waals surface area contributed by atoms with E-state index in [9.17, 15) is 4.39 Å². The van der Waals surface area contributed by atoms with Gasteiger partial charge in [-0.25, -0.2) is 9.38 Å². The van der Waals surface area contributed by atoms with E-state index in [1.165, 1.54) is 6.07 Å². The third-order valence-corrected chi connectivity index (χ3v) is 3.27. The fraction of sp³-hybridized carbons (Fsp3) is 0.235. The van der Waals surface area contributed by atoms with Crippen molar-refractivity contribution in [3.8, 4) is 5.75 Å². The molecule has 0 amide bonds. The molecule has 0 radical (unpaired) electrons. The van der Waals surface area contributed by atoms with Crippen molar-refractivity contribution in [1.29, 1.82) is 0 Å². The van der Waals surface area contributed by atoms with Crippen molar-refractivity contribution in [2.45, 2.75) is 6.54 Å². The number of rotatable bonds is 5. The van der Waals surface area contributed by atoms with Crippen molar-refractivity contribution >= 4 is 41.3 Å². The average molecular weight is 444 g/mol. The Morgan fingerprint density at radius 1 is 1.25 bits per heavy atom. The molecule has 0 aliphatic carbocycles. The fourth-order valence-corrected chi connectivity index (χ4v) is 2.08. The Morgan fingerprint density at radius 3 is 2.62 bits per heavy atom. The Bertz CT molecular complexity index is 707. The number of hydrogen-bond acceptors (Lipinski definition) is 3. The second-order valence-electron chi connectivity index (χ2n) is 5.24. The third-order valence-electron chi connectivity index (χ3n) is 3.27. The Balaban J connectivity index is 0.00000288. The van der Waals surface area contributed by atoms with E-state index < -0.39 is 0 Å². The summed E-state index contributed by atoms with van der Waals surface area (Å²) in [4.78, 5) is 5.95. The normalized spacial score (nSPS) is 10.8. The van der Waals surface area contributed by atoms with E-state index in [0.29, 0.717) is 12.2 Å². The second kappa shape index (κ2) is 9.31. The van der Waals surface area contributed by atoms with Crippen LogP contribution in [0.3, 0.4) is 0 Å². The minimum Gasteiger partial charge on any atom is -0.497 e. The molecule has 0 heterocycles. The van der Waals surface area contributed by atoms with Gasteiger partial charge in [-0.05, 0) is 29.8 Å². The van der Waals surface area contributed by atoms with Gasteiger partial charge in [0.1, 0.15) is 11.6 Å². The molecule has 3 N–H and O–H groups in total. The van der Waals surface area contributed by atoms with Gasteiger partial charge < -0.3 is 20.7 Å². The topological polar surface area (TPSA) is 62.9 Å². The molecule has 0 atom stereocenters. The lowest BCUT2D eigenvalue weighted by atomic mass is 10.2. The molecule has 0 fully saturated rings. The van der Waals surface area contributed by atoms with Crippen LogP contribution in [-0.4, -0.2) is 27.2 Å². The van der Waals surface area contributed by atoms with Gasteiger partial charge in [0.15, 0.2) is 5.96 Å². The van der Waals surface area contributed by atoms with Crippen LogP contribution < -0.4 is 20.7 Å². The summed E-state index contributed by atoms with van der Waals surface area (Å²) in [5.41, 5.74) is 7.93. The molecule has 7 heteroatoms. The quantitative estimate of drug-likeness (QED) is 0.422. The molecule has 0 spiro atoms. The first-order valence-electron chi connectivity index (χ1n) is 7.16. The number of ether oxygens (including phenoxy) is 1. The molecule has 0 unspecified atom stereocenters. The molecule has 24 heavy (non-hydrogen) atoms. The van der Waals surface area contributed by atoms with E-state index in [-0.39, 0.29) is 35.8 Å². The highest BCUT2D eigenvalue weighted by atomic mass is 127.